The number of nitrogens with one attached hydrogen (secondary N) is 1. The lowest BCUT2D eigenvalue weighted by Gasteiger charge is -2.36. The number of hydrogen-bond acceptors (Lipinski definition) is 7. The Labute approximate surface area is 253 Å². The number of esters is 1. The zero-order chi connectivity index (χ0) is 31.3. The number of rotatable bonds is 9. The lowest BCUT2D eigenvalue weighted by atomic mass is 9.93. The third kappa shape index (κ3) is 7.65. The summed E-state index contributed by atoms with van der Waals surface area (Å²) in [6.45, 7) is 4.93. The molecule has 0 radical (unpaired) electrons. The zero-order valence-electron chi connectivity index (χ0n) is 24.3. The van der Waals surface area contributed by atoms with Crippen molar-refractivity contribution in [2.45, 2.75) is 51.2 Å². The van der Waals surface area contributed by atoms with Gasteiger partial charge in [0.1, 0.15) is 11.6 Å². The molecule has 44 heavy (non-hydrogen) atoms. The number of carbonyl (C=O) groups excluding carboxylic acids is 2. The van der Waals surface area contributed by atoms with Crippen molar-refractivity contribution in [3.8, 4) is 16.9 Å². The maximum Gasteiger partial charge on any atom is 0.573 e. The lowest BCUT2D eigenvalue weighted by Crippen LogP contribution is -2.47. The van der Waals surface area contributed by atoms with Gasteiger partial charge in [0.05, 0.1) is 6.61 Å². The smallest absolute Gasteiger partial charge is 0.464 e. The van der Waals surface area contributed by atoms with Crippen LogP contribution in [-0.4, -0.2) is 66.6 Å². The standard InChI is InChI=1S/C32H34F4N4O4/c1-2-43-30(42)31(33)13-17-40(18-14-31)25-9-5-23(6-10-25)29(41)38-28-19-24(21-39-15-3-4-16-39)27(20-37-28)22-7-11-26(12-8-22)44-32(34,35)36/h5-12,19-20H,2-4,13-18,21H2,1H3,(H,37,38,41). The summed E-state index contributed by atoms with van der Waals surface area (Å²) >= 11 is 0. The first-order valence-corrected chi connectivity index (χ1v) is 14.6. The van der Waals surface area contributed by atoms with Gasteiger partial charge in [-0.1, -0.05) is 12.1 Å². The number of hydrogen-bond donors (Lipinski definition) is 1. The number of nitrogens with zero attached hydrogens (tertiary/aromatic N) is 3. The fourth-order valence-corrected chi connectivity index (χ4v) is 5.57. The van der Waals surface area contributed by atoms with Gasteiger partial charge in [-0.2, -0.15) is 0 Å². The fourth-order valence-electron chi connectivity index (χ4n) is 5.57. The number of halogens is 4. The van der Waals surface area contributed by atoms with Crippen LogP contribution in [0.15, 0.2) is 60.8 Å². The predicted molar refractivity (Wildman–Crippen MR) is 157 cm³/mol. The topological polar surface area (TPSA) is 84.0 Å². The highest BCUT2D eigenvalue weighted by Crippen LogP contribution is 2.32. The van der Waals surface area contributed by atoms with Gasteiger partial charge in [-0.15, -0.1) is 13.2 Å². The summed E-state index contributed by atoms with van der Waals surface area (Å²) in [5.41, 5.74) is 1.56. The molecule has 2 aliphatic heterocycles. The molecule has 8 nitrogen and oxygen atoms in total. The Balaban J connectivity index is 1.27. The van der Waals surface area contributed by atoms with Crippen LogP contribution in [0, 0.1) is 0 Å². The Morgan fingerprint density at radius 3 is 2.25 bits per heavy atom. The van der Waals surface area contributed by atoms with E-state index in [1.54, 1.807) is 55.6 Å². The summed E-state index contributed by atoms with van der Waals surface area (Å²) in [6.07, 6.45) is -0.934. The second-order valence-electron chi connectivity index (χ2n) is 11.0. The molecule has 0 bridgehead atoms. The van der Waals surface area contributed by atoms with E-state index in [0.29, 0.717) is 36.6 Å². The molecule has 234 valence electrons. The van der Waals surface area contributed by atoms with E-state index < -0.39 is 18.0 Å². The van der Waals surface area contributed by atoms with Crippen LogP contribution in [0.1, 0.15) is 48.5 Å². The highest BCUT2D eigenvalue weighted by Gasteiger charge is 2.43. The monoisotopic (exact) mass is 614 g/mol. The summed E-state index contributed by atoms with van der Waals surface area (Å²) in [7, 11) is 0. The van der Waals surface area contributed by atoms with Crippen LogP contribution in [0.2, 0.25) is 0 Å². The number of piperidine rings is 1. The summed E-state index contributed by atoms with van der Waals surface area (Å²) in [4.78, 5) is 33.8. The molecule has 5 rings (SSSR count). The normalized spacial score (nSPS) is 16.9. The summed E-state index contributed by atoms with van der Waals surface area (Å²) in [5, 5.41) is 2.84. The molecule has 3 aromatic rings. The molecule has 1 aromatic heterocycles. The van der Waals surface area contributed by atoms with Gasteiger partial charge >= 0.3 is 12.3 Å². The first kappa shape index (κ1) is 31.2. The highest BCUT2D eigenvalue weighted by molar-refractivity contribution is 6.04. The van der Waals surface area contributed by atoms with E-state index in [1.807, 2.05) is 4.90 Å². The molecule has 2 aromatic carbocycles. The van der Waals surface area contributed by atoms with E-state index in [4.69, 9.17) is 4.74 Å². The van der Waals surface area contributed by atoms with Crippen molar-refractivity contribution in [3.63, 3.8) is 0 Å². The van der Waals surface area contributed by atoms with Gasteiger partial charge in [-0.25, -0.2) is 14.2 Å². The minimum Gasteiger partial charge on any atom is -0.464 e. The van der Waals surface area contributed by atoms with Crippen LogP contribution in [0.3, 0.4) is 0 Å². The van der Waals surface area contributed by atoms with Crippen molar-refractivity contribution < 1.29 is 36.6 Å². The van der Waals surface area contributed by atoms with Crippen molar-refractivity contribution in [2.75, 3.05) is 43.0 Å². The average Bonchev–Trinajstić information content (AvgIpc) is 3.51. The molecule has 0 atom stereocenters. The zero-order valence-corrected chi connectivity index (χ0v) is 24.3. The molecule has 1 N–H and O–H groups in total. The quantitative estimate of drug-likeness (QED) is 0.222. The maximum atomic E-state index is 14.9. The molecule has 1 amide bonds. The van der Waals surface area contributed by atoms with E-state index >= 15 is 0 Å². The molecule has 0 unspecified atom stereocenters. The molecule has 2 aliphatic rings. The second kappa shape index (κ2) is 13.2. The Hall–Kier alpha value is -4.19. The molecular weight excluding hydrogens is 580 g/mol. The molecule has 0 spiro atoms. The number of anilines is 2. The van der Waals surface area contributed by atoms with Crippen molar-refractivity contribution in [1.29, 1.82) is 0 Å². The minimum atomic E-state index is -4.77. The molecule has 3 heterocycles. The van der Waals surface area contributed by atoms with E-state index in [0.717, 1.165) is 42.7 Å². The molecular formula is C32H34F4N4O4. The Bertz CT molecular complexity index is 1450. The second-order valence-corrected chi connectivity index (χ2v) is 11.0. The molecule has 0 saturated carbocycles. The average molecular weight is 615 g/mol. The Kier molecular flexibility index (Phi) is 9.38. The number of aromatic nitrogens is 1. The van der Waals surface area contributed by atoms with Crippen LogP contribution in [0.5, 0.6) is 5.75 Å². The summed E-state index contributed by atoms with van der Waals surface area (Å²) in [5.74, 6) is -1.13. The van der Waals surface area contributed by atoms with Gasteiger partial charge in [-0.3, -0.25) is 9.69 Å². The van der Waals surface area contributed by atoms with Gasteiger partial charge in [0.15, 0.2) is 0 Å². The van der Waals surface area contributed by atoms with E-state index in [-0.39, 0.29) is 31.1 Å². The highest BCUT2D eigenvalue weighted by atomic mass is 19.4. The predicted octanol–water partition coefficient (Wildman–Crippen LogP) is 6.37. The van der Waals surface area contributed by atoms with E-state index in [9.17, 15) is 27.2 Å². The van der Waals surface area contributed by atoms with Crippen LogP contribution < -0.4 is 15.0 Å². The van der Waals surface area contributed by atoms with E-state index in [1.165, 1.54) is 12.1 Å². The lowest BCUT2D eigenvalue weighted by molar-refractivity contribution is -0.274. The SMILES string of the molecule is CCOC(=O)C1(F)CCN(c2ccc(C(=O)Nc3cc(CN4CCCC4)c(-c4ccc(OC(F)(F)F)cc4)cn3)cc2)CC1. The van der Waals surface area contributed by atoms with Crippen molar-refractivity contribution >= 4 is 23.4 Å². The van der Waals surface area contributed by atoms with Crippen molar-refractivity contribution in [1.82, 2.24) is 9.88 Å². The van der Waals surface area contributed by atoms with Gasteiger partial charge in [0.25, 0.3) is 5.91 Å². The minimum absolute atomic E-state index is 0.0287. The van der Waals surface area contributed by atoms with Crippen molar-refractivity contribution in [2.24, 2.45) is 0 Å². The van der Waals surface area contributed by atoms with Gasteiger partial charge in [-0.05, 0) is 86.4 Å². The number of alkyl halides is 4. The molecule has 2 saturated heterocycles. The first-order valence-electron chi connectivity index (χ1n) is 14.6. The molecule has 0 aliphatic carbocycles. The Morgan fingerprint density at radius 2 is 1.64 bits per heavy atom. The third-order valence-electron chi connectivity index (χ3n) is 7.91. The summed E-state index contributed by atoms with van der Waals surface area (Å²) in [6, 6.07) is 14.4. The fraction of sp³-hybridized carbons (Fsp3) is 0.406. The van der Waals surface area contributed by atoms with E-state index in [2.05, 4.69) is 19.9 Å². The molecule has 12 heteroatoms. The number of pyridine rings is 1. The largest absolute Gasteiger partial charge is 0.573 e. The third-order valence-corrected chi connectivity index (χ3v) is 7.91. The van der Waals surface area contributed by atoms with Crippen LogP contribution in [0.25, 0.3) is 11.1 Å². The summed E-state index contributed by atoms with van der Waals surface area (Å²) < 4.78 is 61.6. The van der Waals surface area contributed by atoms with Gasteiger partial charge in [0, 0.05) is 55.5 Å². The van der Waals surface area contributed by atoms with Gasteiger partial charge in [0.2, 0.25) is 5.67 Å². The number of ether oxygens (including phenoxy) is 2. The van der Waals surface area contributed by atoms with Crippen LogP contribution in [0.4, 0.5) is 29.1 Å². The van der Waals surface area contributed by atoms with Crippen LogP contribution in [-0.2, 0) is 16.1 Å². The number of benzene rings is 2. The van der Waals surface area contributed by atoms with Crippen molar-refractivity contribution in [3.05, 3.63) is 71.9 Å². The number of likely N-dealkylation sites (tertiary alicyclic amines) is 1. The van der Waals surface area contributed by atoms with Crippen LogP contribution >= 0.6 is 0 Å². The number of amides is 1. The van der Waals surface area contributed by atoms with Gasteiger partial charge < -0.3 is 19.7 Å². The molecule has 2 fully saturated rings. The maximum absolute atomic E-state index is 14.9. The Morgan fingerprint density at radius 1 is 0.977 bits per heavy atom. The number of carbonyl (C=O) groups is 2. The first-order chi connectivity index (χ1) is 21.0.